The van der Waals surface area contributed by atoms with Crippen LogP contribution in [0.3, 0.4) is 0 Å². The number of carbonyl (C=O) groups excluding carboxylic acids is 1. The predicted octanol–water partition coefficient (Wildman–Crippen LogP) is 1.60. The van der Waals surface area contributed by atoms with Gasteiger partial charge in [0.1, 0.15) is 12.4 Å². The first kappa shape index (κ1) is 10.8. The number of hydrogen-bond donors (Lipinski definition) is 2. The molecule has 18 heavy (non-hydrogen) atoms. The molecule has 1 aromatic heterocycles. The number of hydrogen-bond acceptors (Lipinski definition) is 3. The number of amides is 1. The van der Waals surface area contributed by atoms with Crippen molar-refractivity contribution < 1.29 is 9.53 Å². The van der Waals surface area contributed by atoms with E-state index in [0.717, 1.165) is 11.3 Å². The van der Waals surface area contributed by atoms with E-state index in [2.05, 4.69) is 15.5 Å². The summed E-state index contributed by atoms with van der Waals surface area (Å²) in [4.78, 5) is 12.0. The Kier molecular flexibility index (Phi) is 2.72. The van der Waals surface area contributed by atoms with Gasteiger partial charge in [-0.15, -0.1) is 0 Å². The summed E-state index contributed by atoms with van der Waals surface area (Å²) in [5.41, 5.74) is 1.76. The van der Waals surface area contributed by atoms with Crippen molar-refractivity contribution in [1.29, 1.82) is 0 Å². The van der Waals surface area contributed by atoms with Crippen molar-refractivity contribution in [3.8, 4) is 5.75 Å². The van der Waals surface area contributed by atoms with Crippen LogP contribution in [0.15, 0.2) is 36.7 Å². The third-order valence-electron chi connectivity index (χ3n) is 3.02. The summed E-state index contributed by atoms with van der Waals surface area (Å²) in [7, 11) is 0. The average Bonchev–Trinajstić information content (AvgIpc) is 2.91. The second kappa shape index (κ2) is 4.52. The molecule has 0 fully saturated rings. The molecule has 1 aliphatic rings. The highest BCUT2D eigenvalue weighted by Crippen LogP contribution is 2.27. The zero-order valence-corrected chi connectivity index (χ0v) is 9.72. The van der Waals surface area contributed by atoms with Gasteiger partial charge in [0.15, 0.2) is 0 Å². The Morgan fingerprint density at radius 3 is 3.17 bits per heavy atom. The summed E-state index contributed by atoms with van der Waals surface area (Å²) in [6.07, 6.45) is 3.94. The minimum atomic E-state index is -0.158. The number of rotatable bonds is 2. The number of aromatic amines is 1. The molecule has 0 radical (unpaired) electrons. The molecule has 1 atom stereocenters. The van der Waals surface area contributed by atoms with Gasteiger partial charge in [0.05, 0.1) is 17.8 Å². The molecule has 0 bridgehead atoms. The number of H-pyrrole nitrogens is 1. The van der Waals surface area contributed by atoms with Gasteiger partial charge in [-0.25, -0.2) is 0 Å². The van der Waals surface area contributed by atoms with E-state index < -0.39 is 0 Å². The highest BCUT2D eigenvalue weighted by atomic mass is 16.5. The fourth-order valence-electron chi connectivity index (χ4n) is 2.06. The first-order valence-corrected chi connectivity index (χ1v) is 5.83. The molecule has 0 saturated carbocycles. The molecule has 0 saturated heterocycles. The highest BCUT2D eigenvalue weighted by Gasteiger charge is 2.25. The summed E-state index contributed by atoms with van der Waals surface area (Å²) >= 11 is 0. The summed E-state index contributed by atoms with van der Waals surface area (Å²) in [6.45, 7) is 0.417. The van der Waals surface area contributed by atoms with Crippen molar-refractivity contribution in [2.45, 2.75) is 6.42 Å². The molecule has 2 N–H and O–H groups in total. The van der Waals surface area contributed by atoms with Crippen molar-refractivity contribution in [3.63, 3.8) is 0 Å². The van der Waals surface area contributed by atoms with Crippen LogP contribution in [-0.2, 0) is 11.2 Å². The Balaban J connectivity index is 1.70. The summed E-state index contributed by atoms with van der Waals surface area (Å²) < 4.78 is 5.59. The number of aromatic nitrogens is 2. The first-order chi connectivity index (χ1) is 8.83. The van der Waals surface area contributed by atoms with Crippen molar-refractivity contribution in [2.24, 2.45) is 5.92 Å². The largest absolute Gasteiger partial charge is 0.492 e. The van der Waals surface area contributed by atoms with Gasteiger partial charge in [0.25, 0.3) is 0 Å². The molecular formula is C13H13N3O2. The van der Waals surface area contributed by atoms with Crippen LogP contribution in [0.1, 0.15) is 5.56 Å². The van der Waals surface area contributed by atoms with Crippen LogP contribution in [0.2, 0.25) is 0 Å². The quantitative estimate of drug-likeness (QED) is 0.841. The van der Waals surface area contributed by atoms with E-state index in [-0.39, 0.29) is 11.8 Å². The van der Waals surface area contributed by atoms with Crippen molar-refractivity contribution >= 4 is 11.6 Å². The van der Waals surface area contributed by atoms with E-state index in [4.69, 9.17) is 4.74 Å². The van der Waals surface area contributed by atoms with Gasteiger partial charge in [0, 0.05) is 6.20 Å². The maximum absolute atomic E-state index is 12.0. The topological polar surface area (TPSA) is 67.0 Å². The van der Waals surface area contributed by atoms with Gasteiger partial charge in [-0.1, -0.05) is 18.2 Å². The van der Waals surface area contributed by atoms with E-state index in [1.165, 1.54) is 0 Å². The van der Waals surface area contributed by atoms with Crippen LogP contribution in [0.5, 0.6) is 5.75 Å². The van der Waals surface area contributed by atoms with Crippen LogP contribution in [0, 0.1) is 5.92 Å². The van der Waals surface area contributed by atoms with Gasteiger partial charge in [-0.2, -0.15) is 5.10 Å². The molecule has 92 valence electrons. The smallest absolute Gasteiger partial charge is 0.231 e. The third-order valence-corrected chi connectivity index (χ3v) is 3.02. The molecule has 3 rings (SSSR count). The van der Waals surface area contributed by atoms with Gasteiger partial charge < -0.3 is 10.1 Å². The Bertz CT molecular complexity index is 551. The number of nitrogens with one attached hydrogen (secondary N) is 2. The number of carbonyl (C=O) groups is 1. The molecule has 1 unspecified atom stereocenters. The van der Waals surface area contributed by atoms with Crippen LogP contribution in [-0.4, -0.2) is 22.7 Å². The standard InChI is InChI=1S/C13H13N3O2/c17-13(16-11-6-14-15-7-11)10-5-9-3-1-2-4-12(9)18-8-10/h1-4,6-7,10H,5,8H2,(H,14,15)(H,16,17). The van der Waals surface area contributed by atoms with Crippen LogP contribution < -0.4 is 10.1 Å². The lowest BCUT2D eigenvalue weighted by Crippen LogP contribution is -2.32. The fourth-order valence-corrected chi connectivity index (χ4v) is 2.06. The SMILES string of the molecule is O=C(Nc1cn[nH]c1)C1COc2ccccc2C1. The van der Waals surface area contributed by atoms with E-state index in [9.17, 15) is 4.79 Å². The van der Waals surface area contributed by atoms with E-state index >= 15 is 0 Å². The number of ether oxygens (including phenoxy) is 1. The number of para-hydroxylation sites is 1. The Morgan fingerprint density at radius 1 is 1.44 bits per heavy atom. The fraction of sp³-hybridized carbons (Fsp3) is 0.231. The van der Waals surface area contributed by atoms with Crippen molar-refractivity contribution in [2.75, 3.05) is 11.9 Å². The molecule has 2 heterocycles. The average molecular weight is 243 g/mol. The predicted molar refractivity (Wildman–Crippen MR) is 66.3 cm³/mol. The number of benzene rings is 1. The number of fused-ring (bicyclic) bond motifs is 1. The molecule has 1 aromatic carbocycles. The van der Waals surface area contributed by atoms with Gasteiger partial charge in [-0.05, 0) is 18.1 Å². The highest BCUT2D eigenvalue weighted by molar-refractivity contribution is 5.92. The Labute approximate surface area is 104 Å². The van der Waals surface area contributed by atoms with E-state index in [1.54, 1.807) is 12.4 Å². The molecule has 2 aromatic rings. The Morgan fingerprint density at radius 2 is 2.33 bits per heavy atom. The molecule has 0 aliphatic carbocycles. The minimum absolute atomic E-state index is 0.0362. The summed E-state index contributed by atoms with van der Waals surface area (Å²) in [6, 6.07) is 7.81. The molecule has 5 nitrogen and oxygen atoms in total. The van der Waals surface area contributed by atoms with Gasteiger partial charge >= 0.3 is 0 Å². The van der Waals surface area contributed by atoms with Crippen molar-refractivity contribution in [3.05, 3.63) is 42.2 Å². The molecular weight excluding hydrogens is 230 g/mol. The third kappa shape index (κ3) is 2.07. The van der Waals surface area contributed by atoms with E-state index in [0.29, 0.717) is 18.7 Å². The zero-order chi connectivity index (χ0) is 12.4. The molecule has 1 aliphatic heterocycles. The first-order valence-electron chi connectivity index (χ1n) is 5.83. The van der Waals surface area contributed by atoms with E-state index in [1.807, 2.05) is 24.3 Å². The minimum Gasteiger partial charge on any atom is -0.492 e. The van der Waals surface area contributed by atoms with Crippen LogP contribution >= 0.6 is 0 Å². The lowest BCUT2D eigenvalue weighted by molar-refractivity contribution is -0.121. The second-order valence-electron chi connectivity index (χ2n) is 4.30. The molecule has 5 heteroatoms. The Hall–Kier alpha value is -2.30. The second-order valence-corrected chi connectivity index (χ2v) is 4.30. The maximum Gasteiger partial charge on any atom is 0.231 e. The lowest BCUT2D eigenvalue weighted by Gasteiger charge is -2.24. The van der Waals surface area contributed by atoms with Crippen LogP contribution in [0.25, 0.3) is 0 Å². The molecule has 0 spiro atoms. The van der Waals surface area contributed by atoms with Crippen molar-refractivity contribution in [1.82, 2.24) is 10.2 Å². The summed E-state index contributed by atoms with van der Waals surface area (Å²) in [5.74, 6) is 0.686. The normalized spacial score (nSPS) is 17.7. The number of anilines is 1. The summed E-state index contributed by atoms with van der Waals surface area (Å²) in [5, 5.41) is 9.25. The van der Waals surface area contributed by atoms with Gasteiger partial charge in [0.2, 0.25) is 5.91 Å². The van der Waals surface area contributed by atoms with Crippen LogP contribution in [0.4, 0.5) is 5.69 Å². The van der Waals surface area contributed by atoms with Gasteiger partial charge in [-0.3, -0.25) is 9.89 Å². The zero-order valence-electron chi connectivity index (χ0n) is 9.72. The lowest BCUT2D eigenvalue weighted by atomic mass is 9.96. The number of nitrogens with zero attached hydrogens (tertiary/aromatic N) is 1. The monoisotopic (exact) mass is 243 g/mol. The maximum atomic E-state index is 12.0. The molecule has 1 amide bonds.